The van der Waals surface area contributed by atoms with Gasteiger partial charge in [0, 0.05) is 0 Å². The van der Waals surface area contributed by atoms with E-state index in [4.69, 9.17) is 17.0 Å². The van der Waals surface area contributed by atoms with Crippen LogP contribution in [0.25, 0.3) is 6.08 Å². The van der Waals surface area contributed by atoms with Crippen LogP contribution < -0.4 is 10.1 Å². The van der Waals surface area contributed by atoms with Gasteiger partial charge in [0.2, 0.25) is 0 Å². The number of thiocarbonyl (C=S) groups is 1. The Balaban J connectivity index is 1.42. The molecule has 0 atom stereocenters. The van der Waals surface area contributed by atoms with Gasteiger partial charge >= 0.3 is 0 Å². The Morgan fingerprint density at radius 3 is 2.28 bits per heavy atom. The maximum absolute atomic E-state index is 11.8. The first-order valence-corrected chi connectivity index (χ1v) is 10.5. The van der Waals surface area contributed by atoms with Gasteiger partial charge in [0.1, 0.15) is 16.7 Å². The van der Waals surface area contributed by atoms with Gasteiger partial charge in [-0.3, -0.25) is 4.79 Å². The molecule has 5 heteroatoms. The quantitative estimate of drug-likeness (QED) is 0.434. The highest BCUT2D eigenvalue weighted by molar-refractivity contribution is 8.26. The van der Waals surface area contributed by atoms with E-state index in [-0.39, 0.29) is 5.91 Å². The molecule has 1 saturated heterocycles. The molecule has 4 rings (SSSR count). The van der Waals surface area contributed by atoms with Gasteiger partial charge in [0.05, 0.1) is 4.91 Å². The molecule has 1 aliphatic rings. The maximum Gasteiger partial charge on any atom is 0.263 e. The summed E-state index contributed by atoms with van der Waals surface area (Å²) in [6.45, 7) is 0.510. The van der Waals surface area contributed by atoms with E-state index in [0.717, 1.165) is 17.7 Å². The molecule has 1 heterocycles. The lowest BCUT2D eigenvalue weighted by Gasteiger charge is -2.11. The van der Waals surface area contributed by atoms with E-state index >= 15 is 0 Å². The largest absolute Gasteiger partial charge is 0.489 e. The topological polar surface area (TPSA) is 38.3 Å². The number of carbonyl (C=O) groups is 1. The van der Waals surface area contributed by atoms with Gasteiger partial charge < -0.3 is 10.1 Å². The Kier molecular flexibility index (Phi) is 6.08. The average Bonchev–Trinajstić information content (AvgIpc) is 3.06. The van der Waals surface area contributed by atoms with Crippen LogP contribution in [0.1, 0.15) is 22.3 Å². The van der Waals surface area contributed by atoms with Crippen LogP contribution in [0.5, 0.6) is 5.75 Å². The van der Waals surface area contributed by atoms with E-state index in [1.54, 1.807) is 0 Å². The van der Waals surface area contributed by atoms with Crippen molar-refractivity contribution in [3.05, 3.63) is 106 Å². The van der Waals surface area contributed by atoms with E-state index in [1.807, 2.05) is 42.5 Å². The van der Waals surface area contributed by atoms with Gasteiger partial charge in [-0.05, 0) is 46.9 Å². The van der Waals surface area contributed by atoms with E-state index in [2.05, 4.69) is 47.8 Å². The molecule has 1 fully saturated rings. The third kappa shape index (κ3) is 5.13. The number of amides is 1. The molecule has 3 aromatic rings. The van der Waals surface area contributed by atoms with Crippen LogP contribution >= 0.6 is 24.0 Å². The Bertz CT molecular complexity index is 1060. The Morgan fingerprint density at radius 1 is 0.897 bits per heavy atom. The third-order valence-corrected chi connectivity index (χ3v) is 5.73. The number of thioether (sulfide) groups is 1. The second kappa shape index (κ2) is 9.07. The molecule has 29 heavy (non-hydrogen) atoms. The number of ether oxygens (including phenoxy) is 1. The van der Waals surface area contributed by atoms with Crippen LogP contribution in [-0.2, 0) is 17.8 Å². The average molecular weight is 418 g/mol. The molecule has 1 N–H and O–H groups in total. The van der Waals surface area contributed by atoms with Crippen LogP contribution in [0.3, 0.4) is 0 Å². The highest BCUT2D eigenvalue weighted by Gasteiger charge is 2.21. The van der Waals surface area contributed by atoms with Crippen LogP contribution in [-0.4, -0.2) is 10.2 Å². The summed E-state index contributed by atoms with van der Waals surface area (Å²) in [5, 5.41) is 2.62. The highest BCUT2D eigenvalue weighted by Crippen LogP contribution is 2.26. The lowest BCUT2D eigenvalue weighted by molar-refractivity contribution is -0.115. The Labute approximate surface area is 179 Å². The van der Waals surface area contributed by atoms with Gasteiger partial charge in [-0.15, -0.1) is 0 Å². The standard InChI is InChI=1S/C24H19NO2S2/c26-23-22(29-24(28)25-23)15-18-10-12-21(13-11-18)27-16-20-9-5-4-8-19(20)14-17-6-2-1-3-7-17/h1-13,15H,14,16H2,(H,25,26,28). The van der Waals surface area contributed by atoms with Crippen molar-refractivity contribution in [1.82, 2.24) is 5.32 Å². The van der Waals surface area contributed by atoms with Crippen molar-refractivity contribution in [2.24, 2.45) is 0 Å². The molecule has 0 radical (unpaired) electrons. The number of nitrogens with one attached hydrogen (secondary N) is 1. The molecular weight excluding hydrogens is 398 g/mol. The normalized spacial score (nSPS) is 14.8. The minimum absolute atomic E-state index is 0.143. The van der Waals surface area contributed by atoms with Gasteiger partial charge in [-0.25, -0.2) is 0 Å². The summed E-state index contributed by atoms with van der Waals surface area (Å²) in [7, 11) is 0. The minimum atomic E-state index is -0.143. The van der Waals surface area contributed by atoms with Gasteiger partial charge in [-0.2, -0.15) is 0 Å². The molecule has 144 valence electrons. The Morgan fingerprint density at radius 2 is 1.59 bits per heavy atom. The first-order valence-electron chi connectivity index (χ1n) is 9.26. The third-order valence-electron chi connectivity index (χ3n) is 4.57. The summed E-state index contributed by atoms with van der Waals surface area (Å²) >= 11 is 6.30. The molecule has 1 aliphatic heterocycles. The van der Waals surface area contributed by atoms with Gasteiger partial charge in [0.15, 0.2) is 0 Å². The molecule has 0 saturated carbocycles. The SMILES string of the molecule is O=C1NC(=S)SC1=Cc1ccc(OCc2ccccc2Cc2ccccc2)cc1. The van der Waals surface area contributed by atoms with Crippen molar-refractivity contribution in [3.8, 4) is 5.75 Å². The molecule has 3 nitrogen and oxygen atoms in total. The first-order chi connectivity index (χ1) is 14.2. The zero-order valence-electron chi connectivity index (χ0n) is 15.6. The fraction of sp³-hybridized carbons (Fsp3) is 0.0833. The second-order valence-corrected chi connectivity index (χ2v) is 8.36. The second-order valence-electron chi connectivity index (χ2n) is 6.64. The number of carbonyl (C=O) groups excluding carboxylic acids is 1. The maximum atomic E-state index is 11.8. The van der Waals surface area contributed by atoms with Crippen molar-refractivity contribution in [2.75, 3.05) is 0 Å². The fourth-order valence-corrected chi connectivity index (χ4v) is 4.12. The monoisotopic (exact) mass is 417 g/mol. The van der Waals surface area contributed by atoms with Crippen LogP contribution in [0.4, 0.5) is 0 Å². The fourth-order valence-electron chi connectivity index (χ4n) is 3.08. The van der Waals surface area contributed by atoms with E-state index in [1.165, 1.54) is 28.5 Å². The van der Waals surface area contributed by atoms with Crippen LogP contribution in [0.15, 0.2) is 83.8 Å². The van der Waals surface area contributed by atoms with Crippen molar-refractivity contribution in [3.63, 3.8) is 0 Å². The molecule has 0 bridgehead atoms. The van der Waals surface area contributed by atoms with E-state index in [0.29, 0.717) is 15.8 Å². The highest BCUT2D eigenvalue weighted by atomic mass is 32.2. The number of rotatable bonds is 6. The summed E-state index contributed by atoms with van der Waals surface area (Å²) < 4.78 is 6.50. The van der Waals surface area contributed by atoms with Gasteiger partial charge in [-0.1, -0.05) is 90.7 Å². The number of hydrogen-bond acceptors (Lipinski definition) is 4. The predicted octanol–water partition coefficient (Wildman–Crippen LogP) is 5.35. The number of benzene rings is 3. The Hall–Kier alpha value is -2.89. The minimum Gasteiger partial charge on any atom is -0.489 e. The lowest BCUT2D eigenvalue weighted by atomic mass is 10.0. The smallest absolute Gasteiger partial charge is 0.263 e. The molecule has 0 aromatic heterocycles. The molecule has 3 aromatic carbocycles. The molecule has 0 aliphatic carbocycles. The summed E-state index contributed by atoms with van der Waals surface area (Å²) in [5.41, 5.74) is 4.66. The van der Waals surface area contributed by atoms with Crippen molar-refractivity contribution < 1.29 is 9.53 Å². The van der Waals surface area contributed by atoms with Crippen molar-refractivity contribution in [1.29, 1.82) is 0 Å². The summed E-state index contributed by atoms with van der Waals surface area (Å²) in [6.07, 6.45) is 2.71. The zero-order valence-corrected chi connectivity index (χ0v) is 17.3. The molecule has 1 amide bonds. The molecular formula is C24H19NO2S2. The predicted molar refractivity (Wildman–Crippen MR) is 123 cm³/mol. The van der Waals surface area contributed by atoms with E-state index < -0.39 is 0 Å². The molecule has 0 spiro atoms. The van der Waals surface area contributed by atoms with Crippen LogP contribution in [0, 0.1) is 0 Å². The first kappa shape index (κ1) is 19.4. The van der Waals surface area contributed by atoms with Gasteiger partial charge in [0.25, 0.3) is 5.91 Å². The van der Waals surface area contributed by atoms with Crippen molar-refractivity contribution >= 4 is 40.3 Å². The van der Waals surface area contributed by atoms with Crippen molar-refractivity contribution in [2.45, 2.75) is 13.0 Å². The summed E-state index contributed by atoms with van der Waals surface area (Å²) in [6, 6.07) is 26.5. The van der Waals surface area contributed by atoms with Crippen LogP contribution in [0.2, 0.25) is 0 Å². The summed E-state index contributed by atoms with van der Waals surface area (Å²) in [5.74, 6) is 0.649. The zero-order chi connectivity index (χ0) is 20.1. The summed E-state index contributed by atoms with van der Waals surface area (Å²) in [4.78, 5) is 12.4. The number of hydrogen-bond donors (Lipinski definition) is 1. The lowest BCUT2D eigenvalue weighted by Crippen LogP contribution is -2.17. The molecule has 0 unspecified atom stereocenters. The van der Waals surface area contributed by atoms with E-state index in [9.17, 15) is 4.79 Å².